The first kappa shape index (κ1) is 14.9. The lowest BCUT2D eigenvalue weighted by atomic mass is 10.1. The predicted octanol–water partition coefficient (Wildman–Crippen LogP) is 2.89. The zero-order valence-electron chi connectivity index (χ0n) is 11.3. The lowest BCUT2D eigenvalue weighted by Crippen LogP contribution is -2.32. The Morgan fingerprint density at radius 2 is 1.67 bits per heavy atom. The van der Waals surface area contributed by atoms with E-state index in [1.165, 1.54) is 32.2 Å². The van der Waals surface area contributed by atoms with E-state index in [1.807, 2.05) is 0 Å². The minimum Gasteiger partial charge on any atom is -0.315 e. The van der Waals surface area contributed by atoms with Gasteiger partial charge in [-0.15, -0.1) is 0 Å². The largest absolute Gasteiger partial charge is 0.315 e. The van der Waals surface area contributed by atoms with Gasteiger partial charge in [-0.05, 0) is 45.8 Å². The van der Waals surface area contributed by atoms with Gasteiger partial charge in [-0.1, -0.05) is 27.7 Å². The average Bonchev–Trinajstić information content (AvgIpc) is 2.18. The van der Waals surface area contributed by atoms with Crippen molar-refractivity contribution in [3.05, 3.63) is 0 Å². The first-order valence-electron chi connectivity index (χ1n) is 6.55. The fourth-order valence-corrected chi connectivity index (χ4v) is 1.97. The summed E-state index contributed by atoms with van der Waals surface area (Å²) in [7, 11) is 2.26. The number of hydrogen-bond donors (Lipinski definition) is 1. The molecule has 0 heterocycles. The Labute approximate surface area is 96.4 Å². The van der Waals surface area contributed by atoms with Crippen LogP contribution in [0, 0.1) is 0 Å². The van der Waals surface area contributed by atoms with E-state index in [0.29, 0.717) is 6.04 Å². The van der Waals surface area contributed by atoms with E-state index in [0.717, 1.165) is 12.6 Å². The van der Waals surface area contributed by atoms with Gasteiger partial charge in [0, 0.05) is 12.1 Å². The number of hydrogen-bond acceptors (Lipinski definition) is 2. The molecule has 92 valence electrons. The minimum absolute atomic E-state index is 0.627. The molecule has 0 fully saturated rings. The lowest BCUT2D eigenvalue weighted by molar-refractivity contribution is 0.225. The Bertz CT molecular complexity index is 130. The van der Waals surface area contributed by atoms with Crippen molar-refractivity contribution in [3.8, 4) is 0 Å². The third-order valence-corrected chi connectivity index (χ3v) is 3.06. The van der Waals surface area contributed by atoms with Crippen molar-refractivity contribution in [2.45, 2.75) is 65.5 Å². The summed E-state index contributed by atoms with van der Waals surface area (Å²) in [5.74, 6) is 0. The first-order valence-corrected chi connectivity index (χ1v) is 6.55. The number of nitrogens with zero attached hydrogens (tertiary/aromatic N) is 1. The normalized spacial score (nSPS) is 12.0. The maximum atomic E-state index is 3.46. The summed E-state index contributed by atoms with van der Waals surface area (Å²) in [6.45, 7) is 11.4. The van der Waals surface area contributed by atoms with Gasteiger partial charge in [0.05, 0.1) is 0 Å². The summed E-state index contributed by atoms with van der Waals surface area (Å²) in [6, 6.07) is 1.41. The predicted molar refractivity (Wildman–Crippen MR) is 69.4 cm³/mol. The molecule has 0 aliphatic carbocycles. The highest BCUT2D eigenvalue weighted by atomic mass is 15.1. The third kappa shape index (κ3) is 7.80. The minimum atomic E-state index is 0.627. The van der Waals surface area contributed by atoms with Crippen LogP contribution >= 0.6 is 0 Å². The highest BCUT2D eigenvalue weighted by molar-refractivity contribution is 4.65. The van der Waals surface area contributed by atoms with E-state index in [4.69, 9.17) is 0 Å². The third-order valence-electron chi connectivity index (χ3n) is 3.06. The van der Waals surface area contributed by atoms with Gasteiger partial charge in [0.1, 0.15) is 0 Å². The van der Waals surface area contributed by atoms with Crippen LogP contribution in [-0.2, 0) is 0 Å². The van der Waals surface area contributed by atoms with Crippen molar-refractivity contribution in [1.82, 2.24) is 10.2 Å². The van der Waals surface area contributed by atoms with Crippen LogP contribution < -0.4 is 5.32 Å². The Hall–Kier alpha value is -0.0800. The van der Waals surface area contributed by atoms with Crippen LogP contribution in [0.4, 0.5) is 0 Å². The first-order chi connectivity index (χ1) is 7.11. The van der Waals surface area contributed by atoms with Crippen LogP contribution in [0.25, 0.3) is 0 Å². The van der Waals surface area contributed by atoms with Gasteiger partial charge in [-0.3, -0.25) is 0 Å². The molecule has 15 heavy (non-hydrogen) atoms. The van der Waals surface area contributed by atoms with Crippen LogP contribution in [0.15, 0.2) is 0 Å². The zero-order chi connectivity index (χ0) is 11.7. The van der Waals surface area contributed by atoms with Gasteiger partial charge < -0.3 is 10.2 Å². The lowest BCUT2D eigenvalue weighted by Gasteiger charge is -2.25. The molecule has 0 radical (unpaired) electrons. The highest BCUT2D eigenvalue weighted by Gasteiger charge is 2.08. The molecule has 0 aliphatic rings. The van der Waals surface area contributed by atoms with Crippen LogP contribution in [0.3, 0.4) is 0 Å². The van der Waals surface area contributed by atoms with Crippen LogP contribution in [0.5, 0.6) is 0 Å². The van der Waals surface area contributed by atoms with E-state index in [9.17, 15) is 0 Å². The Kier molecular flexibility index (Phi) is 9.12. The molecule has 0 spiro atoms. The van der Waals surface area contributed by atoms with Crippen LogP contribution in [-0.4, -0.2) is 37.1 Å². The van der Waals surface area contributed by atoms with Crippen molar-refractivity contribution >= 4 is 0 Å². The molecule has 2 heteroatoms. The van der Waals surface area contributed by atoms with Gasteiger partial charge in [-0.2, -0.15) is 0 Å². The van der Waals surface area contributed by atoms with Crippen LogP contribution in [0.2, 0.25) is 0 Å². The molecule has 0 unspecified atom stereocenters. The molecule has 0 saturated heterocycles. The molecule has 1 N–H and O–H groups in total. The summed E-state index contributed by atoms with van der Waals surface area (Å²) in [6.07, 6.45) is 5.16. The molecule has 0 atom stereocenters. The quantitative estimate of drug-likeness (QED) is 0.594. The second-order valence-corrected chi connectivity index (χ2v) is 4.77. The van der Waals surface area contributed by atoms with E-state index < -0.39 is 0 Å². The van der Waals surface area contributed by atoms with Crippen molar-refractivity contribution in [1.29, 1.82) is 0 Å². The molecular weight excluding hydrogens is 184 g/mol. The summed E-state index contributed by atoms with van der Waals surface area (Å²) in [5, 5.41) is 3.46. The van der Waals surface area contributed by atoms with E-state index in [1.54, 1.807) is 0 Å². The van der Waals surface area contributed by atoms with Gasteiger partial charge >= 0.3 is 0 Å². The Morgan fingerprint density at radius 3 is 2.13 bits per heavy atom. The molecule has 0 amide bonds. The van der Waals surface area contributed by atoms with Gasteiger partial charge in [-0.25, -0.2) is 0 Å². The summed E-state index contributed by atoms with van der Waals surface area (Å²) < 4.78 is 0. The monoisotopic (exact) mass is 214 g/mol. The smallest absolute Gasteiger partial charge is 0.00869 e. The molecule has 0 saturated carbocycles. The topological polar surface area (TPSA) is 15.3 Å². The summed E-state index contributed by atoms with van der Waals surface area (Å²) in [4.78, 5) is 2.51. The molecule has 0 aromatic heterocycles. The summed E-state index contributed by atoms with van der Waals surface area (Å²) >= 11 is 0. The number of unbranched alkanes of at least 4 members (excludes halogenated alkanes) is 1. The van der Waals surface area contributed by atoms with Crippen molar-refractivity contribution in [2.75, 3.05) is 20.1 Å². The molecule has 0 bridgehead atoms. The number of rotatable bonds is 9. The fraction of sp³-hybridized carbons (Fsp3) is 1.00. The highest BCUT2D eigenvalue weighted by Crippen LogP contribution is 2.06. The van der Waals surface area contributed by atoms with Crippen molar-refractivity contribution in [2.24, 2.45) is 0 Å². The average molecular weight is 214 g/mol. The van der Waals surface area contributed by atoms with Crippen LogP contribution in [0.1, 0.15) is 53.4 Å². The molecule has 0 aromatic rings. The van der Waals surface area contributed by atoms with E-state index >= 15 is 0 Å². The SMILES string of the molecule is CCC(CC)N(C)CCCCNC(C)C. The fourth-order valence-electron chi connectivity index (χ4n) is 1.97. The number of nitrogens with one attached hydrogen (secondary N) is 1. The molecule has 0 rings (SSSR count). The van der Waals surface area contributed by atoms with E-state index in [2.05, 4.69) is 45.0 Å². The second kappa shape index (κ2) is 9.17. The van der Waals surface area contributed by atoms with Crippen molar-refractivity contribution < 1.29 is 0 Å². The van der Waals surface area contributed by atoms with Gasteiger partial charge in [0.25, 0.3) is 0 Å². The standard InChI is InChI=1S/C13H30N2/c1-6-13(7-2)15(5)11-9-8-10-14-12(3)4/h12-14H,6-11H2,1-5H3. The summed E-state index contributed by atoms with van der Waals surface area (Å²) in [5.41, 5.74) is 0. The maximum Gasteiger partial charge on any atom is 0.00869 e. The molecular formula is C13H30N2. The maximum absolute atomic E-state index is 3.46. The van der Waals surface area contributed by atoms with Crippen molar-refractivity contribution in [3.63, 3.8) is 0 Å². The zero-order valence-corrected chi connectivity index (χ0v) is 11.3. The van der Waals surface area contributed by atoms with Gasteiger partial charge in [0.2, 0.25) is 0 Å². The Balaban J connectivity index is 3.41. The molecule has 0 aromatic carbocycles. The molecule has 0 aliphatic heterocycles. The van der Waals surface area contributed by atoms with E-state index in [-0.39, 0.29) is 0 Å². The second-order valence-electron chi connectivity index (χ2n) is 4.77. The Morgan fingerprint density at radius 1 is 1.07 bits per heavy atom. The molecule has 2 nitrogen and oxygen atoms in total. The van der Waals surface area contributed by atoms with Gasteiger partial charge in [0.15, 0.2) is 0 Å².